The van der Waals surface area contributed by atoms with Gasteiger partial charge in [0.2, 0.25) is 0 Å². The fourth-order valence-corrected chi connectivity index (χ4v) is 2.52. The first kappa shape index (κ1) is 12.2. The van der Waals surface area contributed by atoms with Gasteiger partial charge in [0.25, 0.3) is 0 Å². The molecule has 96 valence electrons. The first-order chi connectivity index (χ1) is 8.31. The Morgan fingerprint density at radius 3 is 2.00 bits per heavy atom. The Balaban J connectivity index is 1.87. The van der Waals surface area contributed by atoms with Crippen molar-refractivity contribution in [2.24, 2.45) is 5.16 Å². The van der Waals surface area contributed by atoms with Crippen LogP contribution in [0, 0.1) is 0 Å². The first-order valence-electron chi connectivity index (χ1n) is 6.55. The fourth-order valence-electron chi connectivity index (χ4n) is 2.52. The van der Waals surface area contributed by atoms with Crippen LogP contribution < -0.4 is 0 Å². The van der Waals surface area contributed by atoms with Gasteiger partial charge in [-0.05, 0) is 12.8 Å². The first-order valence-corrected chi connectivity index (χ1v) is 6.55. The normalized spacial score (nSPS) is 22.2. The van der Waals surface area contributed by atoms with Crippen molar-refractivity contribution in [2.75, 3.05) is 26.2 Å². The Kier molecular flexibility index (Phi) is 4.23. The Labute approximate surface area is 102 Å². The summed E-state index contributed by atoms with van der Waals surface area (Å²) in [7, 11) is 0. The molecule has 5 nitrogen and oxygen atoms in total. The van der Waals surface area contributed by atoms with E-state index in [9.17, 15) is 4.79 Å². The quantitative estimate of drug-likeness (QED) is 0.518. The highest BCUT2D eigenvalue weighted by Crippen LogP contribution is 2.14. The lowest BCUT2D eigenvalue weighted by Crippen LogP contribution is -2.47. The molecule has 0 unspecified atom stereocenters. The van der Waals surface area contributed by atoms with Crippen molar-refractivity contribution in [3.63, 3.8) is 0 Å². The summed E-state index contributed by atoms with van der Waals surface area (Å²) in [6.07, 6.45) is 6.15. The molecule has 2 aliphatic rings. The summed E-state index contributed by atoms with van der Waals surface area (Å²) < 4.78 is 0. The predicted molar refractivity (Wildman–Crippen MR) is 65.5 cm³/mol. The lowest BCUT2D eigenvalue weighted by molar-refractivity contribution is 0.153. The molecule has 0 spiro atoms. The van der Waals surface area contributed by atoms with Crippen LogP contribution in [0.15, 0.2) is 5.16 Å². The lowest BCUT2D eigenvalue weighted by Gasteiger charge is -2.32. The molecule has 2 rings (SSSR count). The zero-order valence-electron chi connectivity index (χ0n) is 10.3. The van der Waals surface area contributed by atoms with Crippen molar-refractivity contribution in [3.8, 4) is 0 Å². The van der Waals surface area contributed by atoms with Crippen molar-refractivity contribution < 1.29 is 10.0 Å². The van der Waals surface area contributed by atoms with E-state index >= 15 is 0 Å². The predicted octanol–water partition coefficient (Wildman–Crippen LogP) is 1.91. The monoisotopic (exact) mass is 239 g/mol. The summed E-state index contributed by atoms with van der Waals surface area (Å²) in [4.78, 5) is 16.1. The molecule has 0 bridgehead atoms. The van der Waals surface area contributed by atoms with Crippen LogP contribution in [-0.4, -0.2) is 52.9 Å². The largest absolute Gasteiger partial charge is 0.411 e. The molecule has 0 radical (unpaired) electrons. The third kappa shape index (κ3) is 3.11. The van der Waals surface area contributed by atoms with Crippen molar-refractivity contribution >= 4 is 11.7 Å². The number of urea groups is 1. The maximum atomic E-state index is 12.3. The minimum atomic E-state index is 0.170. The smallest absolute Gasteiger partial charge is 0.320 e. The molecule has 2 heterocycles. The highest BCUT2D eigenvalue weighted by molar-refractivity contribution is 5.86. The Hall–Kier alpha value is -1.26. The minimum absolute atomic E-state index is 0.170. The molecule has 0 saturated carbocycles. The van der Waals surface area contributed by atoms with Gasteiger partial charge in [-0.2, -0.15) is 0 Å². The summed E-state index contributed by atoms with van der Waals surface area (Å²) in [6, 6.07) is 0.170. The lowest BCUT2D eigenvalue weighted by atomic mass is 10.1. The van der Waals surface area contributed by atoms with Gasteiger partial charge in [0, 0.05) is 39.0 Å². The van der Waals surface area contributed by atoms with Crippen LogP contribution in [0.5, 0.6) is 0 Å². The molecule has 2 fully saturated rings. The zero-order chi connectivity index (χ0) is 12.1. The molecule has 5 heteroatoms. The molecule has 0 atom stereocenters. The van der Waals surface area contributed by atoms with Gasteiger partial charge in [0.1, 0.15) is 0 Å². The standard InChI is InChI=1S/C12H21N3O2/c16-12(14-7-3-1-2-4-8-14)15-9-5-11(13-17)6-10-15/h17H,1-10H2. The second kappa shape index (κ2) is 5.89. The van der Waals surface area contributed by atoms with Gasteiger partial charge in [-0.15, -0.1) is 0 Å². The molecular formula is C12H21N3O2. The van der Waals surface area contributed by atoms with Gasteiger partial charge in [0.05, 0.1) is 5.71 Å². The van der Waals surface area contributed by atoms with Crippen LogP contribution in [0.25, 0.3) is 0 Å². The Morgan fingerprint density at radius 2 is 1.47 bits per heavy atom. The maximum absolute atomic E-state index is 12.3. The summed E-state index contributed by atoms with van der Waals surface area (Å²) in [5.74, 6) is 0. The van der Waals surface area contributed by atoms with E-state index in [1.165, 1.54) is 12.8 Å². The number of carbonyl (C=O) groups excluding carboxylic acids is 1. The molecule has 17 heavy (non-hydrogen) atoms. The number of amides is 2. The molecule has 0 aromatic carbocycles. The Morgan fingerprint density at radius 1 is 0.941 bits per heavy atom. The van der Waals surface area contributed by atoms with Crippen molar-refractivity contribution in [1.29, 1.82) is 0 Å². The highest BCUT2D eigenvalue weighted by atomic mass is 16.4. The number of nitrogens with zero attached hydrogens (tertiary/aromatic N) is 3. The van der Waals surface area contributed by atoms with E-state index in [1.54, 1.807) is 0 Å². The van der Waals surface area contributed by atoms with E-state index in [-0.39, 0.29) is 6.03 Å². The average molecular weight is 239 g/mol. The summed E-state index contributed by atoms with van der Waals surface area (Å²) >= 11 is 0. The SMILES string of the molecule is O=C(N1CCCCCC1)N1CCC(=NO)CC1. The molecule has 2 saturated heterocycles. The topological polar surface area (TPSA) is 56.1 Å². The van der Waals surface area contributed by atoms with Gasteiger partial charge in [0.15, 0.2) is 0 Å². The summed E-state index contributed by atoms with van der Waals surface area (Å²) in [6.45, 7) is 3.18. The third-order valence-electron chi connectivity index (χ3n) is 3.63. The molecule has 2 aliphatic heterocycles. The molecule has 0 aromatic heterocycles. The fraction of sp³-hybridized carbons (Fsp3) is 0.833. The van der Waals surface area contributed by atoms with Gasteiger partial charge < -0.3 is 15.0 Å². The number of rotatable bonds is 0. The maximum Gasteiger partial charge on any atom is 0.320 e. The Bertz CT molecular complexity index is 286. The summed E-state index contributed by atoms with van der Waals surface area (Å²) in [5, 5.41) is 11.9. The number of carbonyl (C=O) groups is 1. The summed E-state index contributed by atoms with van der Waals surface area (Å²) in [5.41, 5.74) is 0.810. The van der Waals surface area contributed by atoms with Crippen LogP contribution in [0.2, 0.25) is 0 Å². The van der Waals surface area contributed by atoms with Gasteiger partial charge in [-0.25, -0.2) is 4.79 Å². The molecule has 0 aliphatic carbocycles. The zero-order valence-corrected chi connectivity index (χ0v) is 10.3. The van der Waals surface area contributed by atoms with Crippen LogP contribution in [-0.2, 0) is 0 Å². The van der Waals surface area contributed by atoms with E-state index in [4.69, 9.17) is 5.21 Å². The van der Waals surface area contributed by atoms with E-state index in [2.05, 4.69) is 5.16 Å². The van der Waals surface area contributed by atoms with E-state index < -0.39 is 0 Å². The second-order valence-electron chi connectivity index (χ2n) is 4.84. The number of piperidine rings is 1. The number of hydrogen-bond acceptors (Lipinski definition) is 3. The number of hydrogen-bond donors (Lipinski definition) is 1. The van der Waals surface area contributed by atoms with Crippen LogP contribution >= 0.6 is 0 Å². The van der Waals surface area contributed by atoms with E-state index in [1.807, 2.05) is 9.80 Å². The van der Waals surface area contributed by atoms with Crippen LogP contribution in [0.1, 0.15) is 38.5 Å². The second-order valence-corrected chi connectivity index (χ2v) is 4.84. The van der Waals surface area contributed by atoms with Crippen molar-refractivity contribution in [2.45, 2.75) is 38.5 Å². The van der Waals surface area contributed by atoms with Gasteiger partial charge in [-0.1, -0.05) is 18.0 Å². The molecule has 0 aromatic rings. The minimum Gasteiger partial charge on any atom is -0.411 e. The van der Waals surface area contributed by atoms with Gasteiger partial charge in [-0.3, -0.25) is 0 Å². The molecular weight excluding hydrogens is 218 g/mol. The van der Waals surface area contributed by atoms with Crippen LogP contribution in [0.3, 0.4) is 0 Å². The van der Waals surface area contributed by atoms with Gasteiger partial charge >= 0.3 is 6.03 Å². The number of oxime groups is 1. The van der Waals surface area contributed by atoms with Crippen molar-refractivity contribution in [1.82, 2.24) is 9.80 Å². The highest BCUT2D eigenvalue weighted by Gasteiger charge is 2.24. The van der Waals surface area contributed by atoms with E-state index in [0.717, 1.165) is 31.6 Å². The number of likely N-dealkylation sites (tertiary alicyclic amines) is 2. The third-order valence-corrected chi connectivity index (χ3v) is 3.63. The van der Waals surface area contributed by atoms with Crippen LogP contribution in [0.4, 0.5) is 4.79 Å². The molecule has 1 N–H and O–H groups in total. The molecule has 2 amide bonds. The van der Waals surface area contributed by atoms with E-state index in [0.29, 0.717) is 25.9 Å². The van der Waals surface area contributed by atoms with Crippen molar-refractivity contribution in [3.05, 3.63) is 0 Å². The average Bonchev–Trinajstić information content (AvgIpc) is 2.67.